The molecule has 134 valence electrons. The number of amidine groups is 1. The van der Waals surface area contributed by atoms with Crippen LogP contribution < -0.4 is 10.0 Å². The van der Waals surface area contributed by atoms with Gasteiger partial charge in [0.1, 0.15) is 5.84 Å². The van der Waals surface area contributed by atoms with E-state index < -0.39 is 10.0 Å². The van der Waals surface area contributed by atoms with Crippen LogP contribution >= 0.6 is 11.6 Å². The lowest BCUT2D eigenvalue weighted by molar-refractivity contribution is -0.113. The molecule has 0 saturated carbocycles. The topological polar surface area (TPSA) is 87.6 Å². The van der Waals surface area contributed by atoms with Gasteiger partial charge in [-0.25, -0.2) is 8.42 Å². The third kappa shape index (κ3) is 4.41. The number of rotatable bonds is 4. The average Bonchev–Trinajstić information content (AvgIpc) is 3.07. The van der Waals surface area contributed by atoms with E-state index in [4.69, 9.17) is 11.6 Å². The van der Waals surface area contributed by atoms with Crippen LogP contribution in [0.4, 0.5) is 5.69 Å². The van der Waals surface area contributed by atoms with Gasteiger partial charge in [-0.1, -0.05) is 17.7 Å². The zero-order chi connectivity index (χ0) is 17.9. The molecule has 0 unspecified atom stereocenters. The molecule has 1 aromatic carbocycles. The largest absolute Gasteiger partial charge is 0.322 e. The van der Waals surface area contributed by atoms with E-state index in [0.29, 0.717) is 47.9 Å². The number of hydrogen-bond acceptors (Lipinski definition) is 4. The van der Waals surface area contributed by atoms with Crippen molar-refractivity contribution in [3.8, 4) is 0 Å². The summed E-state index contributed by atoms with van der Waals surface area (Å²) in [5.74, 6) is 0.209. The lowest BCUT2D eigenvalue weighted by Crippen LogP contribution is -2.29. The third-order valence-electron chi connectivity index (χ3n) is 4.20. The molecule has 3 rings (SSSR count). The van der Waals surface area contributed by atoms with E-state index >= 15 is 0 Å². The number of carbonyl (C=O) groups is 1. The Bertz CT molecular complexity index is 846. The molecule has 6 nitrogen and oxygen atoms in total. The van der Waals surface area contributed by atoms with E-state index in [-0.39, 0.29) is 10.8 Å². The van der Waals surface area contributed by atoms with Crippen LogP contribution in [0, 0.1) is 0 Å². The van der Waals surface area contributed by atoms with Crippen LogP contribution in [0.15, 0.2) is 44.8 Å². The first-order chi connectivity index (χ1) is 12.0. The molecule has 0 radical (unpaired) electrons. The lowest BCUT2D eigenvalue weighted by Gasteiger charge is -2.16. The fourth-order valence-electron chi connectivity index (χ4n) is 2.89. The molecular weight excluding hydrogens is 362 g/mol. The highest BCUT2D eigenvalue weighted by atomic mass is 35.5. The first kappa shape index (κ1) is 17.9. The van der Waals surface area contributed by atoms with E-state index in [0.717, 1.165) is 19.3 Å². The molecule has 0 atom stereocenters. The van der Waals surface area contributed by atoms with Crippen LogP contribution in [-0.2, 0) is 14.8 Å². The molecule has 1 aliphatic carbocycles. The van der Waals surface area contributed by atoms with Crippen molar-refractivity contribution in [2.45, 2.75) is 43.4 Å². The Balaban J connectivity index is 1.76. The summed E-state index contributed by atoms with van der Waals surface area (Å²) in [5.41, 5.74) is 1.00. The maximum absolute atomic E-state index is 12.4. The Kier molecular flexibility index (Phi) is 5.44. The zero-order valence-electron chi connectivity index (χ0n) is 13.7. The van der Waals surface area contributed by atoms with Crippen molar-refractivity contribution in [1.82, 2.24) is 4.72 Å². The van der Waals surface area contributed by atoms with Crippen molar-refractivity contribution >= 4 is 39.1 Å². The van der Waals surface area contributed by atoms with Gasteiger partial charge in [-0.15, -0.1) is 0 Å². The van der Waals surface area contributed by atoms with Crippen molar-refractivity contribution in [3.05, 3.63) is 34.9 Å². The highest BCUT2D eigenvalue weighted by Crippen LogP contribution is 2.28. The quantitative estimate of drug-likeness (QED) is 0.839. The van der Waals surface area contributed by atoms with Crippen LogP contribution in [-0.4, -0.2) is 26.7 Å². The molecule has 1 amide bonds. The van der Waals surface area contributed by atoms with Crippen LogP contribution in [0.5, 0.6) is 0 Å². The Morgan fingerprint density at radius 3 is 2.64 bits per heavy atom. The number of anilines is 1. The van der Waals surface area contributed by atoms with Crippen molar-refractivity contribution in [2.24, 2.45) is 4.99 Å². The summed E-state index contributed by atoms with van der Waals surface area (Å²) < 4.78 is 27.4. The fraction of sp³-hybridized carbons (Fsp3) is 0.412. The number of hydrogen-bond donors (Lipinski definition) is 2. The molecular formula is C17H20ClN3O3S. The number of aliphatic imine (C=N–C) groups is 1. The van der Waals surface area contributed by atoms with Crippen molar-refractivity contribution in [2.75, 3.05) is 11.9 Å². The monoisotopic (exact) mass is 381 g/mol. The van der Waals surface area contributed by atoms with Gasteiger partial charge in [-0.3, -0.25) is 14.5 Å². The Labute approximate surface area is 152 Å². The molecule has 1 aliphatic heterocycles. The minimum atomic E-state index is -3.71. The first-order valence-electron chi connectivity index (χ1n) is 8.31. The van der Waals surface area contributed by atoms with Gasteiger partial charge in [0, 0.05) is 29.3 Å². The van der Waals surface area contributed by atoms with Gasteiger partial charge >= 0.3 is 0 Å². The Morgan fingerprint density at radius 1 is 1.12 bits per heavy atom. The van der Waals surface area contributed by atoms with Crippen LogP contribution in [0.2, 0.25) is 0 Å². The maximum Gasteiger partial charge on any atom is 0.262 e. The number of carbonyl (C=O) groups excluding carboxylic acids is 1. The predicted octanol–water partition coefficient (Wildman–Crippen LogP) is 3.16. The molecule has 0 fully saturated rings. The Morgan fingerprint density at radius 2 is 1.92 bits per heavy atom. The van der Waals surface area contributed by atoms with Gasteiger partial charge in [0.25, 0.3) is 15.9 Å². The highest BCUT2D eigenvalue weighted by molar-refractivity contribution is 7.90. The molecule has 1 aromatic rings. The third-order valence-corrected chi connectivity index (χ3v) is 6.00. The summed E-state index contributed by atoms with van der Waals surface area (Å²) in [6, 6.07) is 6.17. The Hall–Kier alpha value is -1.86. The molecule has 25 heavy (non-hydrogen) atoms. The van der Waals surface area contributed by atoms with E-state index in [1.807, 2.05) is 0 Å². The lowest BCUT2D eigenvalue weighted by atomic mass is 9.98. The van der Waals surface area contributed by atoms with Crippen molar-refractivity contribution in [1.29, 1.82) is 0 Å². The molecule has 2 N–H and O–H groups in total. The average molecular weight is 382 g/mol. The summed E-state index contributed by atoms with van der Waals surface area (Å²) in [4.78, 5) is 16.6. The van der Waals surface area contributed by atoms with Crippen molar-refractivity contribution in [3.63, 3.8) is 0 Å². The van der Waals surface area contributed by atoms with Gasteiger partial charge in [0.15, 0.2) is 0 Å². The van der Waals surface area contributed by atoms with E-state index in [2.05, 4.69) is 15.0 Å². The van der Waals surface area contributed by atoms with Gasteiger partial charge < -0.3 is 5.32 Å². The smallest absolute Gasteiger partial charge is 0.262 e. The van der Waals surface area contributed by atoms with Gasteiger partial charge in [0.05, 0.1) is 4.90 Å². The van der Waals surface area contributed by atoms with E-state index in [9.17, 15) is 13.2 Å². The molecule has 8 heteroatoms. The van der Waals surface area contributed by atoms with Crippen molar-refractivity contribution < 1.29 is 13.2 Å². The van der Waals surface area contributed by atoms with E-state index in [1.54, 1.807) is 12.1 Å². The van der Waals surface area contributed by atoms with Gasteiger partial charge in [-0.2, -0.15) is 0 Å². The van der Waals surface area contributed by atoms with Crippen LogP contribution in [0.1, 0.15) is 38.5 Å². The number of amides is 1. The number of halogens is 1. The number of benzene rings is 1. The number of sulfonamides is 1. The minimum absolute atomic E-state index is 0.0867. The van der Waals surface area contributed by atoms with Crippen LogP contribution in [0.3, 0.4) is 0 Å². The second-order valence-corrected chi connectivity index (χ2v) is 8.25. The standard InChI is InChI=1S/C17H20ClN3O3S/c18-15-8-2-1-7-14(15)17(22)20-12-5-3-6-13(11-12)25(23,24)21-16-9-4-10-19-16/h3,5-6,11H,1-2,4,7-10H2,(H,19,21)(H,20,22). The maximum atomic E-state index is 12.4. The molecule has 0 spiro atoms. The fourth-order valence-corrected chi connectivity index (χ4v) is 4.34. The van der Waals surface area contributed by atoms with Crippen LogP contribution in [0.25, 0.3) is 0 Å². The summed E-state index contributed by atoms with van der Waals surface area (Å²) in [6.45, 7) is 0.643. The van der Waals surface area contributed by atoms with Gasteiger partial charge in [0.2, 0.25) is 0 Å². The molecule has 0 aromatic heterocycles. The molecule has 1 heterocycles. The summed E-state index contributed by atoms with van der Waals surface area (Å²) in [7, 11) is -3.71. The van der Waals surface area contributed by atoms with E-state index in [1.165, 1.54) is 12.1 Å². The number of nitrogens with zero attached hydrogens (tertiary/aromatic N) is 1. The first-order valence-corrected chi connectivity index (χ1v) is 10.2. The SMILES string of the molecule is O=C(Nc1cccc(S(=O)(=O)NC2=NCCC2)c1)C1=C(Cl)CCCC1. The highest BCUT2D eigenvalue weighted by Gasteiger charge is 2.21. The normalized spacial score (nSPS) is 18.0. The second-order valence-electron chi connectivity index (χ2n) is 6.11. The minimum Gasteiger partial charge on any atom is -0.322 e. The molecule has 0 saturated heterocycles. The predicted molar refractivity (Wildman–Crippen MR) is 98.3 cm³/mol. The number of nitrogens with one attached hydrogen (secondary N) is 2. The second kappa shape index (κ2) is 7.58. The zero-order valence-corrected chi connectivity index (χ0v) is 15.3. The summed E-state index contributed by atoms with van der Waals surface area (Å²) in [6.07, 6.45) is 4.75. The van der Waals surface area contributed by atoms with Gasteiger partial charge in [-0.05, 0) is 50.3 Å². The summed E-state index contributed by atoms with van der Waals surface area (Å²) >= 11 is 6.14. The molecule has 2 aliphatic rings. The number of allylic oxidation sites excluding steroid dienone is 1. The molecule has 0 bridgehead atoms. The summed E-state index contributed by atoms with van der Waals surface area (Å²) in [5, 5.41) is 3.34.